The number of primary amides is 1. The van der Waals surface area contributed by atoms with E-state index in [-0.39, 0.29) is 11.9 Å². The first-order valence-electron chi connectivity index (χ1n) is 9.75. The van der Waals surface area contributed by atoms with Crippen LogP contribution in [0.3, 0.4) is 0 Å². The van der Waals surface area contributed by atoms with Crippen LogP contribution in [0, 0.1) is 0 Å². The Bertz CT molecular complexity index is 1010. The van der Waals surface area contributed by atoms with E-state index in [1.807, 2.05) is 77.7 Å². The normalized spacial score (nSPS) is 15.8. The number of nitrogens with zero attached hydrogens (tertiary/aromatic N) is 2. The van der Waals surface area contributed by atoms with Crippen LogP contribution in [-0.2, 0) is 4.79 Å². The molecule has 0 saturated carbocycles. The Morgan fingerprint density at radius 3 is 2.21 bits per heavy atom. The number of nitrogens with one attached hydrogen (secondary N) is 1. The van der Waals surface area contributed by atoms with Gasteiger partial charge < -0.3 is 16.0 Å². The molecule has 0 unspecified atom stereocenters. The number of urea groups is 1. The lowest BCUT2D eigenvalue weighted by Crippen LogP contribution is -2.52. The molecule has 29 heavy (non-hydrogen) atoms. The number of rotatable bonds is 4. The Labute approximate surface area is 169 Å². The average Bonchev–Trinajstić information content (AvgIpc) is 2.75. The van der Waals surface area contributed by atoms with Crippen LogP contribution in [0.25, 0.3) is 10.8 Å². The van der Waals surface area contributed by atoms with E-state index in [4.69, 9.17) is 5.73 Å². The third-order valence-corrected chi connectivity index (χ3v) is 5.38. The fraction of sp³-hybridized carbons (Fsp3) is 0.217. The zero-order valence-corrected chi connectivity index (χ0v) is 16.1. The van der Waals surface area contributed by atoms with Gasteiger partial charge in [-0.15, -0.1) is 0 Å². The second kappa shape index (κ2) is 8.32. The minimum absolute atomic E-state index is 0.128. The van der Waals surface area contributed by atoms with Gasteiger partial charge in [0, 0.05) is 31.6 Å². The highest BCUT2D eigenvalue weighted by molar-refractivity contribution is 6.01. The summed E-state index contributed by atoms with van der Waals surface area (Å²) in [7, 11) is 0. The summed E-state index contributed by atoms with van der Waals surface area (Å²) < 4.78 is 0. The molecule has 0 aromatic heterocycles. The lowest BCUT2D eigenvalue weighted by atomic mass is 10.0. The molecule has 0 bridgehead atoms. The molecule has 1 atom stereocenters. The Kier molecular flexibility index (Phi) is 5.44. The second-order valence-electron chi connectivity index (χ2n) is 7.20. The summed E-state index contributed by atoms with van der Waals surface area (Å²) in [4.78, 5) is 28.7. The monoisotopic (exact) mass is 388 g/mol. The number of fused-ring (bicyclic) bond motifs is 1. The fourth-order valence-corrected chi connectivity index (χ4v) is 3.90. The van der Waals surface area contributed by atoms with Crippen LogP contribution in [0.15, 0.2) is 72.8 Å². The second-order valence-corrected chi connectivity index (χ2v) is 7.20. The molecule has 3 aromatic carbocycles. The van der Waals surface area contributed by atoms with Gasteiger partial charge in [-0.25, -0.2) is 4.79 Å². The first-order valence-corrected chi connectivity index (χ1v) is 9.75. The molecule has 4 rings (SSSR count). The van der Waals surface area contributed by atoms with E-state index in [1.54, 1.807) is 4.90 Å². The van der Waals surface area contributed by atoms with Crippen LogP contribution in [0.2, 0.25) is 0 Å². The summed E-state index contributed by atoms with van der Waals surface area (Å²) in [6.07, 6.45) is 0. The Morgan fingerprint density at radius 2 is 1.48 bits per heavy atom. The molecule has 3 amide bonds. The number of hydrogen-bond donors (Lipinski definition) is 2. The van der Waals surface area contributed by atoms with E-state index >= 15 is 0 Å². The summed E-state index contributed by atoms with van der Waals surface area (Å²) in [5.74, 6) is -0.371. The molecule has 1 fully saturated rings. The summed E-state index contributed by atoms with van der Waals surface area (Å²) in [5.41, 5.74) is 7.36. The van der Waals surface area contributed by atoms with Crippen LogP contribution in [0.4, 0.5) is 10.5 Å². The van der Waals surface area contributed by atoms with Crippen molar-refractivity contribution in [1.82, 2.24) is 9.80 Å². The van der Waals surface area contributed by atoms with Gasteiger partial charge >= 0.3 is 6.03 Å². The van der Waals surface area contributed by atoms with Gasteiger partial charge in [-0.2, -0.15) is 0 Å². The van der Waals surface area contributed by atoms with Gasteiger partial charge in [0.15, 0.2) is 0 Å². The minimum atomic E-state index is -0.473. The standard InChI is InChI=1S/C23H24N4O2/c24-22(28)21(18-8-2-1-3-9-18)26-13-15-27(16-14-26)23(29)25-20-12-6-10-17-7-4-5-11-19(17)20/h1-12,21H,13-16H2,(H2,24,28)(H,25,29)/t21-/m0/s1. The minimum Gasteiger partial charge on any atom is -0.368 e. The van der Waals surface area contributed by atoms with Crippen LogP contribution in [-0.4, -0.2) is 47.9 Å². The number of carbonyl (C=O) groups is 2. The van der Waals surface area contributed by atoms with Crippen LogP contribution >= 0.6 is 0 Å². The molecule has 0 aliphatic carbocycles. The number of amides is 3. The van der Waals surface area contributed by atoms with Crippen molar-refractivity contribution in [3.05, 3.63) is 78.4 Å². The van der Waals surface area contributed by atoms with Crippen molar-refractivity contribution >= 4 is 28.4 Å². The zero-order valence-electron chi connectivity index (χ0n) is 16.1. The fourth-order valence-electron chi connectivity index (χ4n) is 3.90. The highest BCUT2D eigenvalue weighted by Gasteiger charge is 2.30. The first kappa shape index (κ1) is 19.0. The molecule has 1 heterocycles. The highest BCUT2D eigenvalue weighted by Crippen LogP contribution is 2.25. The quantitative estimate of drug-likeness (QED) is 0.720. The summed E-state index contributed by atoms with van der Waals surface area (Å²) >= 11 is 0. The number of nitrogens with two attached hydrogens (primary N) is 1. The third kappa shape index (κ3) is 4.07. The third-order valence-electron chi connectivity index (χ3n) is 5.38. The van der Waals surface area contributed by atoms with Crippen molar-refractivity contribution in [2.75, 3.05) is 31.5 Å². The number of anilines is 1. The van der Waals surface area contributed by atoms with Gasteiger partial charge in [0.1, 0.15) is 6.04 Å². The van der Waals surface area contributed by atoms with Crippen molar-refractivity contribution in [1.29, 1.82) is 0 Å². The van der Waals surface area contributed by atoms with E-state index in [0.29, 0.717) is 26.2 Å². The molecule has 6 nitrogen and oxygen atoms in total. The molecule has 0 radical (unpaired) electrons. The summed E-state index contributed by atoms with van der Waals surface area (Å²) in [5, 5.41) is 5.13. The molecular formula is C23H24N4O2. The van der Waals surface area contributed by atoms with Crippen molar-refractivity contribution in [2.45, 2.75) is 6.04 Å². The predicted octanol–water partition coefficient (Wildman–Crippen LogP) is 3.22. The van der Waals surface area contributed by atoms with Crippen LogP contribution in [0.1, 0.15) is 11.6 Å². The van der Waals surface area contributed by atoms with Crippen LogP contribution < -0.4 is 11.1 Å². The Balaban J connectivity index is 1.42. The predicted molar refractivity (Wildman–Crippen MR) is 114 cm³/mol. The summed E-state index contributed by atoms with van der Waals surface area (Å²) in [6.45, 7) is 2.25. The lowest BCUT2D eigenvalue weighted by Gasteiger charge is -2.38. The largest absolute Gasteiger partial charge is 0.368 e. The van der Waals surface area contributed by atoms with Gasteiger partial charge in [0.2, 0.25) is 5.91 Å². The molecule has 6 heteroatoms. The van der Waals surface area contributed by atoms with Crippen molar-refractivity contribution in [3.8, 4) is 0 Å². The number of piperazine rings is 1. The van der Waals surface area contributed by atoms with Crippen molar-refractivity contribution < 1.29 is 9.59 Å². The molecule has 0 spiro atoms. The van der Waals surface area contributed by atoms with E-state index in [9.17, 15) is 9.59 Å². The van der Waals surface area contributed by atoms with Gasteiger partial charge in [-0.1, -0.05) is 66.7 Å². The lowest BCUT2D eigenvalue weighted by molar-refractivity contribution is -0.124. The summed E-state index contributed by atoms with van der Waals surface area (Å²) in [6, 6.07) is 22.8. The van der Waals surface area contributed by atoms with Gasteiger partial charge in [0.25, 0.3) is 0 Å². The maximum absolute atomic E-state index is 12.8. The molecule has 1 aliphatic heterocycles. The molecule has 1 aliphatic rings. The van der Waals surface area contributed by atoms with Gasteiger partial charge in [-0.05, 0) is 17.0 Å². The van der Waals surface area contributed by atoms with Crippen molar-refractivity contribution in [2.24, 2.45) is 5.73 Å². The van der Waals surface area contributed by atoms with Crippen LogP contribution in [0.5, 0.6) is 0 Å². The molecule has 1 saturated heterocycles. The van der Waals surface area contributed by atoms with Crippen molar-refractivity contribution in [3.63, 3.8) is 0 Å². The first-order chi connectivity index (χ1) is 14.1. The smallest absolute Gasteiger partial charge is 0.321 e. The van der Waals surface area contributed by atoms with E-state index in [0.717, 1.165) is 22.0 Å². The zero-order chi connectivity index (χ0) is 20.2. The SMILES string of the molecule is NC(=O)[C@H](c1ccccc1)N1CCN(C(=O)Nc2cccc3ccccc23)CC1. The highest BCUT2D eigenvalue weighted by atomic mass is 16.2. The molecule has 148 valence electrons. The molecule has 3 N–H and O–H groups in total. The van der Waals surface area contributed by atoms with E-state index < -0.39 is 6.04 Å². The molecule has 3 aromatic rings. The Hall–Kier alpha value is -3.38. The Morgan fingerprint density at radius 1 is 0.828 bits per heavy atom. The van der Waals surface area contributed by atoms with Gasteiger partial charge in [0.05, 0.1) is 5.69 Å². The topological polar surface area (TPSA) is 78.7 Å². The maximum Gasteiger partial charge on any atom is 0.321 e. The number of hydrogen-bond acceptors (Lipinski definition) is 3. The van der Waals surface area contributed by atoms with E-state index in [1.165, 1.54) is 0 Å². The maximum atomic E-state index is 12.8. The molecular weight excluding hydrogens is 364 g/mol. The van der Waals surface area contributed by atoms with E-state index in [2.05, 4.69) is 5.32 Å². The average molecular weight is 388 g/mol. The van der Waals surface area contributed by atoms with Gasteiger partial charge in [-0.3, -0.25) is 9.69 Å². The number of benzene rings is 3. The number of carbonyl (C=O) groups excluding carboxylic acids is 2.